The Hall–Kier alpha value is -2.25. The molecule has 0 N–H and O–H groups in total. The average Bonchev–Trinajstić information content (AvgIpc) is 2.59. The van der Waals surface area contributed by atoms with Crippen LogP contribution in [-0.4, -0.2) is 51.3 Å². The number of hydrogen-bond acceptors (Lipinski definition) is 5. The van der Waals surface area contributed by atoms with Gasteiger partial charge in [-0.15, -0.1) is 0 Å². The Morgan fingerprint density at radius 1 is 1.08 bits per heavy atom. The molecular weight excluding hydrogens is 378 g/mol. The van der Waals surface area contributed by atoms with Gasteiger partial charge in [-0.2, -0.15) is 0 Å². The standard InChI is InChI=1S/C18H18ClNO5S/c1-24-14-4-6-15(7-5-14)25-12-18(21)20-10-17(11-20)26(22,23)16-8-2-13(19)3-9-16/h2-9,17H,10-12H2,1H3. The van der Waals surface area contributed by atoms with Crippen LogP contribution in [0.5, 0.6) is 11.5 Å². The number of amides is 1. The minimum Gasteiger partial charge on any atom is -0.497 e. The van der Waals surface area contributed by atoms with Gasteiger partial charge in [0.25, 0.3) is 5.91 Å². The summed E-state index contributed by atoms with van der Waals surface area (Å²) in [4.78, 5) is 13.8. The molecule has 0 aliphatic carbocycles. The fraction of sp³-hybridized carbons (Fsp3) is 0.278. The van der Waals surface area contributed by atoms with Crippen molar-refractivity contribution < 1.29 is 22.7 Å². The third kappa shape index (κ3) is 3.94. The number of ether oxygens (including phenoxy) is 2. The van der Waals surface area contributed by atoms with Crippen LogP contribution < -0.4 is 9.47 Å². The predicted molar refractivity (Wildman–Crippen MR) is 97.5 cm³/mol. The fourth-order valence-corrected chi connectivity index (χ4v) is 4.34. The number of likely N-dealkylation sites (tertiary alicyclic amines) is 1. The van der Waals surface area contributed by atoms with Crippen LogP contribution in [0.3, 0.4) is 0 Å². The first-order chi connectivity index (χ1) is 12.4. The molecule has 3 rings (SSSR count). The van der Waals surface area contributed by atoms with Gasteiger partial charge in [0.05, 0.1) is 12.0 Å². The first-order valence-electron chi connectivity index (χ1n) is 7.94. The number of hydrogen-bond donors (Lipinski definition) is 0. The van der Waals surface area contributed by atoms with E-state index in [1.54, 1.807) is 43.5 Å². The van der Waals surface area contributed by atoms with E-state index in [1.165, 1.54) is 17.0 Å². The van der Waals surface area contributed by atoms with Crippen LogP contribution in [0.4, 0.5) is 0 Å². The van der Waals surface area contributed by atoms with Gasteiger partial charge in [0.1, 0.15) is 16.7 Å². The SMILES string of the molecule is COc1ccc(OCC(=O)N2CC(S(=O)(=O)c3ccc(Cl)cc3)C2)cc1. The molecule has 1 aliphatic heterocycles. The minimum absolute atomic E-state index is 0.139. The topological polar surface area (TPSA) is 72.9 Å². The number of sulfone groups is 1. The normalized spacial score (nSPS) is 14.6. The van der Waals surface area contributed by atoms with E-state index in [0.717, 1.165) is 0 Å². The van der Waals surface area contributed by atoms with Gasteiger partial charge in [-0.1, -0.05) is 11.6 Å². The monoisotopic (exact) mass is 395 g/mol. The molecule has 138 valence electrons. The molecule has 1 heterocycles. The van der Waals surface area contributed by atoms with Gasteiger partial charge in [0, 0.05) is 18.1 Å². The molecule has 0 saturated carbocycles. The highest BCUT2D eigenvalue weighted by Gasteiger charge is 2.40. The second-order valence-electron chi connectivity index (χ2n) is 5.88. The first-order valence-corrected chi connectivity index (χ1v) is 9.86. The van der Waals surface area contributed by atoms with Crippen molar-refractivity contribution in [2.45, 2.75) is 10.1 Å². The Balaban J connectivity index is 1.52. The van der Waals surface area contributed by atoms with Gasteiger partial charge in [0.15, 0.2) is 16.4 Å². The number of halogens is 1. The van der Waals surface area contributed by atoms with Gasteiger partial charge >= 0.3 is 0 Å². The molecular formula is C18H18ClNO5S. The molecule has 1 amide bonds. The smallest absolute Gasteiger partial charge is 0.260 e. The first kappa shape index (κ1) is 18.5. The van der Waals surface area contributed by atoms with E-state index in [-0.39, 0.29) is 30.5 Å². The molecule has 1 fully saturated rings. The number of methoxy groups -OCH3 is 1. The zero-order chi connectivity index (χ0) is 18.7. The Bertz CT molecular complexity index is 875. The van der Waals surface area contributed by atoms with E-state index in [4.69, 9.17) is 21.1 Å². The predicted octanol–water partition coefficient (Wildman–Crippen LogP) is 2.41. The fourth-order valence-electron chi connectivity index (χ4n) is 2.56. The van der Waals surface area contributed by atoms with E-state index in [9.17, 15) is 13.2 Å². The lowest BCUT2D eigenvalue weighted by Crippen LogP contribution is -2.57. The maximum atomic E-state index is 12.5. The summed E-state index contributed by atoms with van der Waals surface area (Å²) in [5.74, 6) is 0.995. The Kier molecular flexibility index (Phi) is 5.38. The lowest BCUT2D eigenvalue weighted by molar-refractivity contribution is -0.136. The molecule has 0 atom stereocenters. The van der Waals surface area contributed by atoms with Crippen molar-refractivity contribution in [2.24, 2.45) is 0 Å². The molecule has 0 unspecified atom stereocenters. The zero-order valence-corrected chi connectivity index (χ0v) is 15.7. The zero-order valence-electron chi connectivity index (χ0n) is 14.1. The molecule has 1 saturated heterocycles. The van der Waals surface area contributed by atoms with E-state index >= 15 is 0 Å². The van der Waals surface area contributed by atoms with Crippen LogP contribution in [0.25, 0.3) is 0 Å². The number of benzene rings is 2. The highest BCUT2D eigenvalue weighted by atomic mass is 35.5. The number of carbonyl (C=O) groups excluding carboxylic acids is 1. The van der Waals surface area contributed by atoms with Gasteiger partial charge in [0.2, 0.25) is 0 Å². The van der Waals surface area contributed by atoms with Crippen molar-refractivity contribution in [3.8, 4) is 11.5 Å². The summed E-state index contributed by atoms with van der Waals surface area (Å²) in [5, 5.41) is -0.126. The van der Waals surface area contributed by atoms with Crippen molar-refractivity contribution in [3.05, 3.63) is 53.6 Å². The molecule has 0 aromatic heterocycles. The number of rotatable bonds is 6. The highest BCUT2D eigenvalue weighted by molar-refractivity contribution is 7.92. The summed E-state index contributed by atoms with van der Waals surface area (Å²) in [5.41, 5.74) is 0. The number of carbonyl (C=O) groups is 1. The summed E-state index contributed by atoms with van der Waals surface area (Å²) in [6.07, 6.45) is 0. The van der Waals surface area contributed by atoms with Crippen molar-refractivity contribution in [1.82, 2.24) is 4.90 Å². The lowest BCUT2D eigenvalue weighted by atomic mass is 10.2. The quantitative estimate of drug-likeness (QED) is 0.751. The van der Waals surface area contributed by atoms with Crippen LogP contribution in [0, 0.1) is 0 Å². The largest absolute Gasteiger partial charge is 0.497 e. The molecule has 2 aromatic rings. The van der Waals surface area contributed by atoms with Crippen LogP contribution in [0.1, 0.15) is 0 Å². The molecule has 1 aliphatic rings. The summed E-state index contributed by atoms with van der Waals surface area (Å²) in [7, 11) is -1.90. The van der Waals surface area contributed by atoms with E-state index in [0.29, 0.717) is 16.5 Å². The third-order valence-electron chi connectivity index (χ3n) is 4.20. The Labute approximate surface area is 157 Å². The van der Waals surface area contributed by atoms with E-state index in [2.05, 4.69) is 0 Å². The van der Waals surface area contributed by atoms with Crippen LogP contribution in [0.2, 0.25) is 5.02 Å². The van der Waals surface area contributed by atoms with E-state index in [1.807, 2.05) is 0 Å². The van der Waals surface area contributed by atoms with Crippen molar-refractivity contribution >= 4 is 27.3 Å². The second-order valence-corrected chi connectivity index (χ2v) is 8.55. The average molecular weight is 396 g/mol. The molecule has 0 radical (unpaired) electrons. The molecule has 0 bridgehead atoms. The summed E-state index contributed by atoms with van der Waals surface area (Å²) < 4.78 is 35.5. The Morgan fingerprint density at radius 2 is 1.65 bits per heavy atom. The maximum Gasteiger partial charge on any atom is 0.260 e. The second kappa shape index (κ2) is 7.55. The summed E-state index contributed by atoms with van der Waals surface area (Å²) in [6.45, 7) is 0.186. The van der Waals surface area contributed by atoms with Gasteiger partial charge in [-0.25, -0.2) is 8.42 Å². The van der Waals surface area contributed by atoms with Gasteiger partial charge < -0.3 is 14.4 Å². The van der Waals surface area contributed by atoms with Gasteiger partial charge in [-0.05, 0) is 48.5 Å². The van der Waals surface area contributed by atoms with Crippen molar-refractivity contribution in [1.29, 1.82) is 0 Å². The molecule has 26 heavy (non-hydrogen) atoms. The summed E-state index contributed by atoms with van der Waals surface area (Å²) >= 11 is 5.79. The highest BCUT2D eigenvalue weighted by Crippen LogP contribution is 2.25. The molecule has 2 aromatic carbocycles. The minimum atomic E-state index is -3.47. The molecule has 0 spiro atoms. The Morgan fingerprint density at radius 3 is 2.23 bits per heavy atom. The van der Waals surface area contributed by atoms with E-state index < -0.39 is 15.1 Å². The maximum absolute atomic E-state index is 12.5. The van der Waals surface area contributed by atoms with Crippen molar-refractivity contribution in [3.63, 3.8) is 0 Å². The van der Waals surface area contributed by atoms with Crippen molar-refractivity contribution in [2.75, 3.05) is 26.8 Å². The van der Waals surface area contributed by atoms with Crippen LogP contribution in [0.15, 0.2) is 53.4 Å². The van der Waals surface area contributed by atoms with Crippen LogP contribution in [-0.2, 0) is 14.6 Å². The third-order valence-corrected chi connectivity index (χ3v) is 6.56. The number of nitrogens with zero attached hydrogens (tertiary/aromatic N) is 1. The van der Waals surface area contributed by atoms with Crippen LogP contribution >= 0.6 is 11.6 Å². The lowest BCUT2D eigenvalue weighted by Gasteiger charge is -2.38. The molecule has 6 nitrogen and oxygen atoms in total. The summed E-state index contributed by atoms with van der Waals surface area (Å²) in [6, 6.07) is 12.9. The molecule has 8 heteroatoms. The van der Waals surface area contributed by atoms with Gasteiger partial charge in [-0.3, -0.25) is 4.79 Å².